The number of aliphatic imine (C=N–C) groups is 1. The fraction of sp³-hybridized carbons (Fsp3) is 0.143. The van der Waals surface area contributed by atoms with Crippen LogP contribution >= 0.6 is 23.6 Å². The first-order valence-corrected chi connectivity index (χ1v) is 7.08. The van der Waals surface area contributed by atoms with Gasteiger partial charge in [-0.3, -0.25) is 0 Å². The van der Waals surface area contributed by atoms with E-state index in [2.05, 4.69) is 22.4 Å². The first-order chi connectivity index (χ1) is 9.67. The number of nitrogens with zero attached hydrogens (tertiary/aromatic N) is 1. The van der Waals surface area contributed by atoms with Crippen LogP contribution in [0.15, 0.2) is 34.6 Å². The van der Waals surface area contributed by atoms with E-state index in [9.17, 15) is 9.18 Å². The molecule has 0 bridgehead atoms. The maximum Gasteiger partial charge on any atom is 0.341 e. The number of benzene rings is 1. The van der Waals surface area contributed by atoms with E-state index in [0.29, 0.717) is 16.1 Å². The highest BCUT2D eigenvalue weighted by molar-refractivity contribution is 7.78. The molecule has 102 valence electrons. The van der Waals surface area contributed by atoms with Crippen LogP contribution in [0.3, 0.4) is 0 Å². The van der Waals surface area contributed by atoms with Crippen molar-refractivity contribution < 1.29 is 13.9 Å². The number of halogens is 1. The van der Waals surface area contributed by atoms with E-state index in [-0.39, 0.29) is 12.4 Å². The molecule has 1 aromatic carbocycles. The molecule has 1 heterocycles. The van der Waals surface area contributed by atoms with Crippen molar-refractivity contribution >= 4 is 39.7 Å². The van der Waals surface area contributed by atoms with E-state index in [4.69, 9.17) is 4.74 Å². The lowest BCUT2D eigenvalue weighted by Crippen LogP contribution is -2.05. The van der Waals surface area contributed by atoms with Crippen LogP contribution in [0.1, 0.15) is 17.3 Å². The minimum absolute atomic E-state index is 0.262. The molecular weight excluding hydrogens is 297 g/mol. The molecule has 0 aliphatic rings. The Bertz CT molecular complexity index is 673. The first kappa shape index (κ1) is 14.5. The van der Waals surface area contributed by atoms with Crippen LogP contribution in [0.25, 0.3) is 11.1 Å². The van der Waals surface area contributed by atoms with Gasteiger partial charge in [0.2, 0.25) is 0 Å². The van der Waals surface area contributed by atoms with Crippen molar-refractivity contribution in [1.29, 1.82) is 0 Å². The molecule has 2 aromatic rings. The summed E-state index contributed by atoms with van der Waals surface area (Å²) in [4.78, 5) is 15.9. The molecule has 20 heavy (non-hydrogen) atoms. The molecule has 6 heteroatoms. The number of hydrogen-bond acceptors (Lipinski definition) is 5. The summed E-state index contributed by atoms with van der Waals surface area (Å²) in [7, 11) is 0. The van der Waals surface area contributed by atoms with E-state index in [1.54, 1.807) is 24.4 Å². The zero-order valence-electron chi connectivity index (χ0n) is 10.6. The highest BCUT2D eigenvalue weighted by Crippen LogP contribution is 2.37. The predicted molar refractivity (Wildman–Crippen MR) is 80.4 cm³/mol. The van der Waals surface area contributed by atoms with E-state index in [1.165, 1.54) is 23.5 Å². The van der Waals surface area contributed by atoms with Crippen LogP contribution in [-0.2, 0) is 4.74 Å². The van der Waals surface area contributed by atoms with E-state index in [0.717, 1.165) is 5.56 Å². The Morgan fingerprint density at radius 2 is 2.15 bits per heavy atom. The van der Waals surface area contributed by atoms with Gasteiger partial charge in [-0.25, -0.2) is 9.18 Å². The van der Waals surface area contributed by atoms with Gasteiger partial charge in [-0.05, 0) is 36.8 Å². The molecule has 0 saturated heterocycles. The lowest BCUT2D eigenvalue weighted by atomic mass is 10.0. The molecule has 0 fully saturated rings. The van der Waals surface area contributed by atoms with Crippen molar-refractivity contribution in [1.82, 2.24) is 0 Å². The largest absolute Gasteiger partial charge is 0.462 e. The third-order valence-corrected chi connectivity index (χ3v) is 3.52. The van der Waals surface area contributed by atoms with Gasteiger partial charge in [-0.1, -0.05) is 12.1 Å². The molecule has 0 N–H and O–H groups in total. The molecule has 0 saturated carbocycles. The Morgan fingerprint density at radius 3 is 2.75 bits per heavy atom. The zero-order chi connectivity index (χ0) is 14.5. The molecular formula is C14H10FNO2S2. The molecule has 1 aromatic heterocycles. The normalized spacial score (nSPS) is 9.90. The lowest BCUT2D eigenvalue weighted by Gasteiger charge is -2.05. The minimum Gasteiger partial charge on any atom is -0.462 e. The van der Waals surface area contributed by atoms with Crippen LogP contribution < -0.4 is 0 Å². The number of rotatable bonds is 4. The molecule has 0 amide bonds. The van der Waals surface area contributed by atoms with E-state index < -0.39 is 5.97 Å². The molecule has 0 aliphatic heterocycles. The summed E-state index contributed by atoms with van der Waals surface area (Å²) in [6.07, 6.45) is 0. The fourth-order valence-electron chi connectivity index (χ4n) is 1.71. The summed E-state index contributed by atoms with van der Waals surface area (Å²) in [6.45, 7) is 1.99. The summed E-state index contributed by atoms with van der Waals surface area (Å²) >= 11 is 5.84. The van der Waals surface area contributed by atoms with Gasteiger partial charge in [0.05, 0.1) is 11.8 Å². The standard InChI is InChI=1S/C14H10FNO2S2/c1-2-18-14(17)12-11(7-20-13(12)16-8-19)9-3-5-10(15)6-4-9/h3-7H,2H2,1H3. The molecule has 0 unspecified atom stereocenters. The molecule has 3 nitrogen and oxygen atoms in total. The smallest absolute Gasteiger partial charge is 0.341 e. The van der Waals surface area contributed by atoms with Gasteiger partial charge < -0.3 is 4.74 Å². The Kier molecular flexibility index (Phi) is 4.74. The number of hydrogen-bond donors (Lipinski definition) is 0. The second kappa shape index (κ2) is 6.52. The van der Waals surface area contributed by atoms with Gasteiger partial charge in [-0.2, -0.15) is 4.99 Å². The monoisotopic (exact) mass is 307 g/mol. The second-order valence-corrected chi connectivity index (χ2v) is 4.80. The third-order valence-electron chi connectivity index (χ3n) is 2.55. The highest BCUT2D eigenvalue weighted by atomic mass is 32.1. The van der Waals surface area contributed by atoms with Crippen molar-refractivity contribution in [3.05, 3.63) is 41.0 Å². The van der Waals surface area contributed by atoms with Crippen LogP contribution in [0.4, 0.5) is 9.39 Å². The van der Waals surface area contributed by atoms with Gasteiger partial charge in [0.15, 0.2) is 0 Å². The fourth-order valence-corrected chi connectivity index (χ4v) is 2.76. The number of thiocarbonyl (C=S) groups is 1. The minimum atomic E-state index is -0.475. The topological polar surface area (TPSA) is 38.7 Å². The SMILES string of the molecule is CCOC(=O)c1c(-c2ccc(F)cc2)csc1N=C=S. The van der Waals surface area contributed by atoms with Gasteiger partial charge in [0.1, 0.15) is 16.4 Å². The first-order valence-electron chi connectivity index (χ1n) is 5.79. The van der Waals surface area contributed by atoms with Crippen molar-refractivity contribution in [2.45, 2.75) is 6.92 Å². The summed E-state index contributed by atoms with van der Waals surface area (Å²) in [5.41, 5.74) is 1.70. The highest BCUT2D eigenvalue weighted by Gasteiger charge is 2.21. The number of carbonyl (C=O) groups excluding carboxylic acids is 1. The average Bonchev–Trinajstić information content (AvgIpc) is 2.84. The van der Waals surface area contributed by atoms with Gasteiger partial charge >= 0.3 is 5.97 Å². The van der Waals surface area contributed by atoms with Crippen LogP contribution in [0, 0.1) is 5.82 Å². The van der Waals surface area contributed by atoms with E-state index in [1.807, 2.05) is 0 Å². The molecule has 0 aliphatic carbocycles. The van der Waals surface area contributed by atoms with Crippen molar-refractivity contribution in [2.75, 3.05) is 6.61 Å². The number of carbonyl (C=O) groups is 1. The van der Waals surface area contributed by atoms with Crippen LogP contribution in [-0.4, -0.2) is 17.7 Å². The Morgan fingerprint density at radius 1 is 1.45 bits per heavy atom. The second-order valence-electron chi connectivity index (χ2n) is 3.76. The van der Waals surface area contributed by atoms with Crippen molar-refractivity contribution in [2.24, 2.45) is 4.99 Å². The maximum absolute atomic E-state index is 13.0. The maximum atomic E-state index is 13.0. The van der Waals surface area contributed by atoms with Crippen LogP contribution in [0.2, 0.25) is 0 Å². The summed E-state index contributed by atoms with van der Waals surface area (Å²) in [5, 5.41) is 4.46. The quantitative estimate of drug-likeness (QED) is 0.475. The molecule has 0 atom stereocenters. The lowest BCUT2D eigenvalue weighted by molar-refractivity contribution is 0.0529. The van der Waals surface area contributed by atoms with Crippen molar-refractivity contribution in [3.8, 4) is 11.1 Å². The van der Waals surface area contributed by atoms with Crippen LogP contribution in [0.5, 0.6) is 0 Å². The summed E-state index contributed by atoms with van der Waals surface area (Å²) in [6, 6.07) is 5.88. The summed E-state index contributed by atoms with van der Waals surface area (Å²) in [5.74, 6) is -0.809. The number of ether oxygens (including phenoxy) is 1. The van der Waals surface area contributed by atoms with Crippen molar-refractivity contribution in [3.63, 3.8) is 0 Å². The van der Waals surface area contributed by atoms with E-state index >= 15 is 0 Å². The van der Waals surface area contributed by atoms with Gasteiger partial charge in [0.25, 0.3) is 0 Å². The number of esters is 1. The van der Waals surface area contributed by atoms with Gasteiger partial charge in [0, 0.05) is 10.9 Å². The molecule has 0 radical (unpaired) electrons. The molecule has 2 rings (SSSR count). The third kappa shape index (κ3) is 2.99. The number of isothiocyanates is 1. The Balaban J connectivity index is 2.55. The van der Waals surface area contributed by atoms with Gasteiger partial charge in [-0.15, -0.1) is 11.3 Å². The zero-order valence-corrected chi connectivity index (χ0v) is 12.2. The Labute approximate surface area is 124 Å². The predicted octanol–water partition coefficient (Wildman–Crippen LogP) is 4.47. The Hall–Kier alpha value is -1.88. The summed E-state index contributed by atoms with van der Waals surface area (Å²) < 4.78 is 18.0. The molecule has 0 spiro atoms. The average molecular weight is 307 g/mol. The number of thiophene rings is 1.